The first-order chi connectivity index (χ1) is 11.1. The van der Waals surface area contributed by atoms with Gasteiger partial charge in [-0.25, -0.2) is 0 Å². The van der Waals surface area contributed by atoms with Crippen molar-refractivity contribution in [2.75, 3.05) is 18.6 Å². The Morgan fingerprint density at radius 3 is 2.61 bits per heavy atom. The molecule has 23 heavy (non-hydrogen) atoms. The minimum absolute atomic E-state index is 0.262. The molecular weight excluding hydrogens is 286 g/mol. The monoisotopic (exact) mass is 311 g/mol. The molecule has 0 bridgehead atoms. The fourth-order valence-corrected chi connectivity index (χ4v) is 3.61. The zero-order chi connectivity index (χ0) is 16.4. The summed E-state index contributed by atoms with van der Waals surface area (Å²) in [5.41, 5.74) is 2.35. The number of hydrogen-bond donors (Lipinski definition) is 1. The van der Waals surface area contributed by atoms with Crippen molar-refractivity contribution in [3.05, 3.63) is 54.1 Å². The Kier molecular flexibility index (Phi) is 4.46. The molecule has 2 aromatic carbocycles. The first-order valence-electron chi connectivity index (χ1n) is 8.30. The molecule has 1 saturated heterocycles. The second kappa shape index (κ2) is 6.53. The quantitative estimate of drug-likeness (QED) is 0.897. The molecule has 3 heteroatoms. The lowest BCUT2D eigenvalue weighted by atomic mass is 9.78. The van der Waals surface area contributed by atoms with Gasteiger partial charge >= 0.3 is 0 Å². The van der Waals surface area contributed by atoms with Crippen LogP contribution in [0.5, 0.6) is 11.5 Å². The van der Waals surface area contributed by atoms with Crippen LogP contribution < -0.4 is 9.64 Å². The minimum atomic E-state index is 0.262. The molecule has 2 aromatic rings. The van der Waals surface area contributed by atoms with E-state index in [2.05, 4.69) is 36.9 Å². The van der Waals surface area contributed by atoms with Crippen LogP contribution in [-0.4, -0.2) is 18.8 Å². The van der Waals surface area contributed by atoms with Gasteiger partial charge in [0.05, 0.1) is 13.2 Å². The topological polar surface area (TPSA) is 32.7 Å². The molecule has 0 spiro atoms. The van der Waals surface area contributed by atoms with Gasteiger partial charge in [0.15, 0.2) is 0 Å². The number of hydrogen-bond acceptors (Lipinski definition) is 3. The molecule has 0 aromatic heterocycles. The van der Waals surface area contributed by atoms with E-state index in [-0.39, 0.29) is 6.04 Å². The van der Waals surface area contributed by atoms with Gasteiger partial charge in [0.2, 0.25) is 0 Å². The average Bonchev–Trinajstić information content (AvgIpc) is 2.57. The zero-order valence-electron chi connectivity index (χ0n) is 14.1. The van der Waals surface area contributed by atoms with Gasteiger partial charge in [-0.05, 0) is 48.1 Å². The third-order valence-electron chi connectivity index (χ3n) is 5.15. The highest BCUT2D eigenvalue weighted by Gasteiger charge is 2.34. The Morgan fingerprint density at radius 2 is 1.87 bits per heavy atom. The van der Waals surface area contributed by atoms with Gasteiger partial charge in [-0.2, -0.15) is 0 Å². The number of benzene rings is 2. The highest BCUT2D eigenvalue weighted by Crippen LogP contribution is 2.42. The molecule has 1 heterocycles. The summed E-state index contributed by atoms with van der Waals surface area (Å²) in [5.74, 6) is 2.38. The van der Waals surface area contributed by atoms with Crippen molar-refractivity contribution in [2.45, 2.75) is 26.3 Å². The summed E-state index contributed by atoms with van der Waals surface area (Å²) in [5, 5.41) is 9.90. The van der Waals surface area contributed by atoms with Crippen LogP contribution in [0.1, 0.15) is 31.9 Å². The van der Waals surface area contributed by atoms with E-state index in [4.69, 9.17) is 4.74 Å². The largest absolute Gasteiger partial charge is 0.508 e. The van der Waals surface area contributed by atoms with Gasteiger partial charge < -0.3 is 14.7 Å². The van der Waals surface area contributed by atoms with Crippen LogP contribution >= 0.6 is 0 Å². The van der Waals surface area contributed by atoms with Crippen LogP contribution in [0, 0.1) is 11.8 Å². The molecule has 1 unspecified atom stereocenters. The SMILES string of the molecule is COc1cccc(N2CC[C@H](C)[C@@H](C)C2c2cccc(O)c2)c1. The first-order valence-corrected chi connectivity index (χ1v) is 8.30. The van der Waals surface area contributed by atoms with Crippen molar-refractivity contribution in [2.24, 2.45) is 11.8 Å². The lowest BCUT2D eigenvalue weighted by Gasteiger charge is -2.45. The number of ether oxygens (including phenoxy) is 1. The number of phenolic OH excluding ortho intramolecular Hbond substituents is 1. The predicted molar refractivity (Wildman–Crippen MR) is 94.1 cm³/mol. The molecular formula is C20H25NO2. The Balaban J connectivity index is 2.02. The van der Waals surface area contributed by atoms with Crippen molar-refractivity contribution >= 4 is 5.69 Å². The maximum Gasteiger partial charge on any atom is 0.120 e. The predicted octanol–water partition coefficient (Wildman–Crippen LogP) is 4.62. The standard InChI is InChI=1S/C20H25NO2/c1-14-10-11-21(17-7-5-9-19(13-17)23-3)20(15(14)2)16-6-4-8-18(22)12-16/h4-9,12-15,20,22H,10-11H2,1-3H3/t14-,15+,20?/m0/s1. The van der Waals surface area contributed by atoms with E-state index in [9.17, 15) is 5.11 Å². The number of rotatable bonds is 3. The van der Waals surface area contributed by atoms with Crippen molar-refractivity contribution in [3.8, 4) is 11.5 Å². The molecule has 3 rings (SSSR count). The van der Waals surface area contributed by atoms with E-state index in [0.717, 1.165) is 12.3 Å². The average molecular weight is 311 g/mol. The summed E-state index contributed by atoms with van der Waals surface area (Å²) >= 11 is 0. The number of methoxy groups -OCH3 is 1. The molecule has 1 fully saturated rings. The molecule has 0 amide bonds. The molecule has 1 N–H and O–H groups in total. The lowest BCUT2D eigenvalue weighted by molar-refractivity contribution is 0.256. The normalized spacial score (nSPS) is 24.5. The summed E-state index contributed by atoms with van der Waals surface area (Å²) < 4.78 is 5.39. The first kappa shape index (κ1) is 15.7. The Bertz CT molecular complexity index is 670. The summed E-state index contributed by atoms with van der Waals surface area (Å²) in [6, 6.07) is 16.2. The van der Waals surface area contributed by atoms with E-state index in [0.29, 0.717) is 17.6 Å². The van der Waals surface area contributed by atoms with Crippen LogP contribution in [-0.2, 0) is 0 Å². The van der Waals surface area contributed by atoms with E-state index >= 15 is 0 Å². The van der Waals surface area contributed by atoms with Crippen LogP contribution in [0.4, 0.5) is 5.69 Å². The fourth-order valence-electron chi connectivity index (χ4n) is 3.61. The molecule has 122 valence electrons. The van der Waals surface area contributed by atoms with Crippen LogP contribution in [0.25, 0.3) is 0 Å². The summed E-state index contributed by atoms with van der Waals surface area (Å²) in [6.45, 7) is 5.65. The van der Waals surface area contributed by atoms with Gasteiger partial charge in [-0.3, -0.25) is 0 Å². The second-order valence-electron chi connectivity index (χ2n) is 6.56. The lowest BCUT2D eigenvalue weighted by Crippen LogP contribution is -2.41. The van der Waals surface area contributed by atoms with E-state index < -0.39 is 0 Å². The molecule has 3 nitrogen and oxygen atoms in total. The summed E-state index contributed by atoms with van der Waals surface area (Å²) in [4.78, 5) is 2.45. The molecule has 3 atom stereocenters. The maximum absolute atomic E-state index is 9.90. The van der Waals surface area contributed by atoms with E-state index in [1.165, 1.54) is 17.7 Å². The Labute approximate surface area is 138 Å². The van der Waals surface area contributed by atoms with Gasteiger partial charge in [-0.1, -0.05) is 32.0 Å². The number of anilines is 1. The van der Waals surface area contributed by atoms with Crippen molar-refractivity contribution in [1.82, 2.24) is 0 Å². The summed E-state index contributed by atoms with van der Waals surface area (Å²) in [7, 11) is 1.70. The van der Waals surface area contributed by atoms with Gasteiger partial charge in [-0.15, -0.1) is 0 Å². The number of piperidine rings is 1. The number of nitrogens with zero attached hydrogens (tertiary/aromatic N) is 1. The van der Waals surface area contributed by atoms with Crippen molar-refractivity contribution < 1.29 is 9.84 Å². The highest BCUT2D eigenvalue weighted by molar-refractivity contribution is 5.53. The maximum atomic E-state index is 9.90. The fraction of sp³-hybridized carbons (Fsp3) is 0.400. The van der Waals surface area contributed by atoms with Crippen LogP contribution in [0.15, 0.2) is 48.5 Å². The van der Waals surface area contributed by atoms with Gasteiger partial charge in [0.1, 0.15) is 11.5 Å². The zero-order valence-corrected chi connectivity index (χ0v) is 14.1. The van der Waals surface area contributed by atoms with Crippen molar-refractivity contribution in [1.29, 1.82) is 0 Å². The Hall–Kier alpha value is -2.16. The van der Waals surface area contributed by atoms with Crippen molar-refractivity contribution in [3.63, 3.8) is 0 Å². The van der Waals surface area contributed by atoms with E-state index in [1.807, 2.05) is 24.3 Å². The molecule has 1 aliphatic heterocycles. The number of phenols is 1. The summed E-state index contributed by atoms with van der Waals surface area (Å²) in [6.07, 6.45) is 1.17. The third kappa shape index (κ3) is 3.14. The third-order valence-corrected chi connectivity index (χ3v) is 5.15. The molecule has 0 radical (unpaired) electrons. The van der Waals surface area contributed by atoms with Crippen LogP contribution in [0.2, 0.25) is 0 Å². The number of aromatic hydroxyl groups is 1. The van der Waals surface area contributed by atoms with Gasteiger partial charge in [0, 0.05) is 18.3 Å². The van der Waals surface area contributed by atoms with Gasteiger partial charge in [0.25, 0.3) is 0 Å². The highest BCUT2D eigenvalue weighted by atomic mass is 16.5. The van der Waals surface area contributed by atoms with E-state index in [1.54, 1.807) is 13.2 Å². The molecule has 0 aliphatic carbocycles. The molecule has 0 saturated carbocycles. The van der Waals surface area contributed by atoms with Crippen LogP contribution in [0.3, 0.4) is 0 Å². The smallest absolute Gasteiger partial charge is 0.120 e. The Morgan fingerprint density at radius 1 is 1.09 bits per heavy atom. The second-order valence-corrected chi connectivity index (χ2v) is 6.56. The minimum Gasteiger partial charge on any atom is -0.508 e. The molecule has 1 aliphatic rings.